The molecule has 0 amide bonds. The Morgan fingerprint density at radius 2 is 1.95 bits per heavy atom. The van der Waals surface area contributed by atoms with E-state index >= 15 is 0 Å². The molecule has 0 saturated heterocycles. The van der Waals surface area contributed by atoms with E-state index in [1.54, 1.807) is 6.07 Å². The van der Waals surface area contributed by atoms with E-state index in [1.165, 1.54) is 12.1 Å². The molecule has 1 aliphatic rings. The number of nitrogens with zero attached hydrogens (tertiary/aromatic N) is 1. The lowest BCUT2D eigenvalue weighted by Crippen LogP contribution is -2.23. The van der Waals surface area contributed by atoms with Gasteiger partial charge < -0.3 is 10.3 Å². The quantitative estimate of drug-likeness (QED) is 0.834. The van der Waals surface area contributed by atoms with Crippen molar-refractivity contribution in [2.24, 2.45) is 0 Å². The van der Waals surface area contributed by atoms with Crippen LogP contribution in [0.1, 0.15) is 17.0 Å². The highest BCUT2D eigenvalue weighted by atomic mass is 19.4. The van der Waals surface area contributed by atoms with Crippen molar-refractivity contribution in [3.8, 4) is 11.4 Å². The molecule has 3 rings (SSSR count). The number of aromatic amines is 1. The predicted molar refractivity (Wildman–Crippen MR) is 64.4 cm³/mol. The van der Waals surface area contributed by atoms with Gasteiger partial charge in [-0.2, -0.15) is 13.2 Å². The lowest BCUT2D eigenvalue weighted by Gasteiger charge is -2.10. The predicted octanol–water partition coefficient (Wildman–Crippen LogP) is 2.74. The number of H-pyrrole nitrogens is 1. The Balaban J connectivity index is 2.09. The third-order valence-electron chi connectivity index (χ3n) is 3.19. The molecule has 1 aliphatic heterocycles. The molecule has 0 radical (unpaired) electrons. The Labute approximate surface area is 107 Å². The van der Waals surface area contributed by atoms with Gasteiger partial charge in [0.05, 0.1) is 17.0 Å². The first-order valence-electron chi connectivity index (χ1n) is 6.01. The van der Waals surface area contributed by atoms with Gasteiger partial charge in [-0.3, -0.25) is 0 Å². The van der Waals surface area contributed by atoms with Gasteiger partial charge in [-0.25, -0.2) is 4.98 Å². The molecule has 0 saturated carbocycles. The van der Waals surface area contributed by atoms with Crippen LogP contribution < -0.4 is 5.32 Å². The van der Waals surface area contributed by atoms with Gasteiger partial charge in [-0.15, -0.1) is 0 Å². The largest absolute Gasteiger partial charge is 0.417 e. The van der Waals surface area contributed by atoms with Crippen molar-refractivity contribution >= 4 is 0 Å². The van der Waals surface area contributed by atoms with Crippen molar-refractivity contribution in [1.82, 2.24) is 15.3 Å². The van der Waals surface area contributed by atoms with Gasteiger partial charge in [0.15, 0.2) is 0 Å². The number of benzene rings is 1. The Hall–Kier alpha value is -1.82. The number of rotatable bonds is 1. The maximum atomic E-state index is 13.0. The number of hydrogen-bond donors (Lipinski definition) is 2. The Morgan fingerprint density at radius 1 is 1.16 bits per heavy atom. The Morgan fingerprint density at radius 3 is 2.68 bits per heavy atom. The third kappa shape index (κ3) is 2.23. The Kier molecular flexibility index (Phi) is 2.82. The molecule has 0 atom stereocenters. The second-order valence-corrected chi connectivity index (χ2v) is 4.48. The minimum absolute atomic E-state index is 0.101. The molecule has 0 bridgehead atoms. The van der Waals surface area contributed by atoms with Gasteiger partial charge >= 0.3 is 6.18 Å². The lowest BCUT2D eigenvalue weighted by molar-refractivity contribution is -0.137. The number of nitrogens with one attached hydrogen (secondary N) is 2. The molecule has 0 spiro atoms. The summed E-state index contributed by atoms with van der Waals surface area (Å²) >= 11 is 0. The van der Waals surface area contributed by atoms with Crippen LogP contribution in [0.4, 0.5) is 13.2 Å². The highest BCUT2D eigenvalue weighted by Gasteiger charge is 2.34. The van der Waals surface area contributed by atoms with E-state index in [4.69, 9.17) is 0 Å². The molecular weight excluding hydrogens is 255 g/mol. The fraction of sp³-hybridized carbons (Fsp3) is 0.308. The molecule has 2 N–H and O–H groups in total. The van der Waals surface area contributed by atoms with E-state index < -0.39 is 11.7 Å². The zero-order chi connectivity index (χ0) is 13.5. The summed E-state index contributed by atoms with van der Waals surface area (Å²) in [5, 5.41) is 3.16. The zero-order valence-corrected chi connectivity index (χ0v) is 10.0. The second kappa shape index (κ2) is 4.38. The van der Waals surface area contributed by atoms with Gasteiger partial charge in [-0.05, 0) is 6.07 Å². The summed E-state index contributed by atoms with van der Waals surface area (Å²) in [6, 6.07) is 5.50. The van der Waals surface area contributed by atoms with Crippen molar-refractivity contribution in [2.75, 3.05) is 6.54 Å². The molecule has 0 aliphatic carbocycles. The highest BCUT2D eigenvalue weighted by molar-refractivity contribution is 5.62. The number of fused-ring (bicyclic) bond motifs is 1. The van der Waals surface area contributed by atoms with E-state index in [0.29, 0.717) is 12.4 Å². The van der Waals surface area contributed by atoms with Crippen molar-refractivity contribution in [3.63, 3.8) is 0 Å². The van der Waals surface area contributed by atoms with Crippen molar-refractivity contribution in [3.05, 3.63) is 41.2 Å². The normalized spacial score (nSPS) is 15.3. The number of halogens is 3. The topological polar surface area (TPSA) is 40.7 Å². The minimum atomic E-state index is -4.37. The van der Waals surface area contributed by atoms with Crippen LogP contribution in [-0.4, -0.2) is 16.5 Å². The van der Waals surface area contributed by atoms with E-state index in [0.717, 1.165) is 30.4 Å². The smallest absolute Gasteiger partial charge is 0.341 e. The fourth-order valence-corrected chi connectivity index (χ4v) is 2.28. The summed E-state index contributed by atoms with van der Waals surface area (Å²) in [5.41, 5.74) is 1.17. The number of alkyl halides is 3. The van der Waals surface area contributed by atoms with Gasteiger partial charge in [-0.1, -0.05) is 18.2 Å². The summed E-state index contributed by atoms with van der Waals surface area (Å²) in [4.78, 5) is 7.29. The summed E-state index contributed by atoms with van der Waals surface area (Å²) in [6.45, 7) is 1.43. The highest BCUT2D eigenvalue weighted by Crippen LogP contribution is 2.36. The minimum Gasteiger partial charge on any atom is -0.341 e. The van der Waals surface area contributed by atoms with Crippen LogP contribution in [0.15, 0.2) is 24.3 Å². The summed E-state index contributed by atoms with van der Waals surface area (Å²) in [7, 11) is 0. The van der Waals surface area contributed by atoms with Crippen LogP contribution >= 0.6 is 0 Å². The number of imidazole rings is 1. The van der Waals surface area contributed by atoms with Gasteiger partial charge in [0.2, 0.25) is 0 Å². The monoisotopic (exact) mass is 267 g/mol. The summed E-state index contributed by atoms with van der Waals surface area (Å²) in [5.74, 6) is 0.293. The molecule has 1 aromatic carbocycles. The van der Waals surface area contributed by atoms with Crippen LogP contribution in [0, 0.1) is 0 Å². The first-order chi connectivity index (χ1) is 9.05. The number of aromatic nitrogens is 2. The SMILES string of the molecule is FC(F)(F)c1ccccc1-c1nc2c([nH]1)CNCC2. The summed E-state index contributed by atoms with van der Waals surface area (Å²) < 4.78 is 38.9. The van der Waals surface area contributed by atoms with Gasteiger partial charge in [0, 0.05) is 25.1 Å². The molecule has 19 heavy (non-hydrogen) atoms. The first kappa shape index (κ1) is 12.2. The maximum Gasteiger partial charge on any atom is 0.417 e. The maximum absolute atomic E-state index is 13.0. The number of hydrogen-bond acceptors (Lipinski definition) is 2. The first-order valence-corrected chi connectivity index (χ1v) is 6.01. The van der Waals surface area contributed by atoms with Crippen LogP contribution in [0.5, 0.6) is 0 Å². The van der Waals surface area contributed by atoms with Crippen molar-refractivity contribution in [1.29, 1.82) is 0 Å². The molecule has 1 aromatic heterocycles. The van der Waals surface area contributed by atoms with Crippen LogP contribution in [0.3, 0.4) is 0 Å². The third-order valence-corrected chi connectivity index (χ3v) is 3.19. The Bertz CT molecular complexity index is 578. The van der Waals surface area contributed by atoms with Crippen molar-refractivity contribution in [2.45, 2.75) is 19.1 Å². The average molecular weight is 267 g/mol. The molecule has 3 nitrogen and oxygen atoms in total. The van der Waals surface area contributed by atoms with E-state index in [-0.39, 0.29) is 5.56 Å². The van der Waals surface area contributed by atoms with Crippen LogP contribution in [-0.2, 0) is 19.1 Å². The van der Waals surface area contributed by atoms with E-state index in [2.05, 4.69) is 15.3 Å². The molecule has 2 aromatic rings. The fourth-order valence-electron chi connectivity index (χ4n) is 2.28. The van der Waals surface area contributed by atoms with Crippen LogP contribution in [0.2, 0.25) is 0 Å². The van der Waals surface area contributed by atoms with Gasteiger partial charge in [0.25, 0.3) is 0 Å². The van der Waals surface area contributed by atoms with Crippen molar-refractivity contribution < 1.29 is 13.2 Å². The zero-order valence-electron chi connectivity index (χ0n) is 10.0. The molecule has 100 valence electrons. The van der Waals surface area contributed by atoms with Crippen LogP contribution in [0.25, 0.3) is 11.4 Å². The molecule has 6 heteroatoms. The molecule has 2 heterocycles. The molecular formula is C13H12F3N3. The standard InChI is InChI=1S/C13H12F3N3/c14-13(15,16)9-4-2-1-3-8(9)12-18-10-5-6-17-7-11(10)19-12/h1-4,17H,5-7H2,(H,18,19). The van der Waals surface area contributed by atoms with E-state index in [9.17, 15) is 13.2 Å². The summed E-state index contributed by atoms with van der Waals surface area (Å²) in [6.07, 6.45) is -3.64. The molecule has 0 fully saturated rings. The average Bonchev–Trinajstić information content (AvgIpc) is 2.81. The van der Waals surface area contributed by atoms with E-state index in [1.807, 2.05) is 0 Å². The molecule has 0 unspecified atom stereocenters. The second-order valence-electron chi connectivity index (χ2n) is 4.48. The van der Waals surface area contributed by atoms with Gasteiger partial charge in [0.1, 0.15) is 5.82 Å². The lowest BCUT2D eigenvalue weighted by atomic mass is 10.1.